The molecular weight excluding hydrogens is 184 g/mol. The monoisotopic (exact) mass is 198 g/mol. The summed E-state index contributed by atoms with van der Waals surface area (Å²) in [6, 6.07) is 0. The zero-order valence-corrected chi connectivity index (χ0v) is 8.55. The van der Waals surface area contributed by atoms with Crippen molar-refractivity contribution in [3.05, 3.63) is 5.82 Å². The molecule has 0 aromatic carbocycles. The van der Waals surface area contributed by atoms with Crippen LogP contribution in [0.25, 0.3) is 0 Å². The van der Waals surface area contributed by atoms with Gasteiger partial charge < -0.3 is 10.6 Å². The van der Waals surface area contributed by atoms with Crippen LogP contribution in [-0.4, -0.2) is 29.5 Å². The summed E-state index contributed by atoms with van der Waals surface area (Å²) >= 11 is 1.48. The van der Waals surface area contributed by atoms with Crippen LogP contribution in [0.5, 0.6) is 0 Å². The Morgan fingerprint density at radius 1 is 1.62 bits per heavy atom. The predicted molar refractivity (Wildman–Crippen MR) is 54.2 cm³/mol. The molecule has 0 saturated heterocycles. The number of likely N-dealkylation sites (N-methyl/N-ethyl adjacent to an activating group) is 1. The van der Waals surface area contributed by atoms with Crippen LogP contribution in [0.3, 0.4) is 0 Å². The van der Waals surface area contributed by atoms with Crippen molar-refractivity contribution >= 4 is 16.7 Å². The summed E-state index contributed by atoms with van der Waals surface area (Å²) in [5.74, 6) is 1.68. The Kier molecular flexibility index (Phi) is 2.46. The third-order valence-corrected chi connectivity index (χ3v) is 3.01. The molecule has 2 N–H and O–H groups in total. The summed E-state index contributed by atoms with van der Waals surface area (Å²) in [6.07, 6.45) is 2.52. The van der Waals surface area contributed by atoms with E-state index in [1.54, 1.807) is 0 Å². The third kappa shape index (κ3) is 1.97. The molecule has 1 aromatic heterocycles. The highest BCUT2D eigenvalue weighted by Crippen LogP contribution is 2.39. The average molecular weight is 198 g/mol. The van der Waals surface area contributed by atoms with Gasteiger partial charge in [-0.3, -0.25) is 0 Å². The topological polar surface area (TPSA) is 55.0 Å². The molecule has 0 aliphatic heterocycles. The second-order valence-electron chi connectivity index (χ2n) is 3.42. The molecule has 4 nitrogen and oxygen atoms in total. The van der Waals surface area contributed by atoms with E-state index in [2.05, 4.69) is 14.3 Å². The molecule has 0 unspecified atom stereocenters. The summed E-state index contributed by atoms with van der Waals surface area (Å²) in [4.78, 5) is 6.53. The largest absolute Gasteiger partial charge is 0.349 e. The molecule has 0 bridgehead atoms. The SMILES string of the molecule is CN(CCN)c1nc(C2CC2)ns1. The number of nitrogens with two attached hydrogens (primary N) is 1. The number of aromatic nitrogens is 2. The van der Waals surface area contributed by atoms with Crippen molar-refractivity contribution in [2.45, 2.75) is 18.8 Å². The molecule has 13 heavy (non-hydrogen) atoms. The Hall–Kier alpha value is -0.680. The summed E-state index contributed by atoms with van der Waals surface area (Å²) in [5, 5.41) is 0.993. The Morgan fingerprint density at radius 3 is 3.00 bits per heavy atom. The van der Waals surface area contributed by atoms with Crippen LogP contribution in [0.2, 0.25) is 0 Å². The minimum absolute atomic E-state index is 0.649. The molecule has 1 aliphatic rings. The minimum atomic E-state index is 0.649. The highest BCUT2D eigenvalue weighted by molar-refractivity contribution is 7.09. The lowest BCUT2D eigenvalue weighted by Gasteiger charge is -2.12. The third-order valence-electron chi connectivity index (χ3n) is 2.16. The molecule has 0 radical (unpaired) electrons. The minimum Gasteiger partial charge on any atom is -0.349 e. The molecule has 1 aliphatic carbocycles. The van der Waals surface area contributed by atoms with E-state index in [1.165, 1.54) is 24.4 Å². The molecule has 1 fully saturated rings. The second kappa shape index (κ2) is 3.59. The molecule has 0 spiro atoms. The molecule has 5 heteroatoms. The molecule has 2 rings (SSSR count). The highest BCUT2D eigenvalue weighted by Gasteiger charge is 2.28. The maximum absolute atomic E-state index is 5.46. The molecule has 1 saturated carbocycles. The fourth-order valence-corrected chi connectivity index (χ4v) is 1.91. The van der Waals surface area contributed by atoms with E-state index in [-0.39, 0.29) is 0 Å². The van der Waals surface area contributed by atoms with E-state index in [0.717, 1.165) is 17.5 Å². The molecule has 1 aromatic rings. The normalized spacial score (nSPS) is 16.2. The van der Waals surface area contributed by atoms with E-state index in [9.17, 15) is 0 Å². The fourth-order valence-electron chi connectivity index (χ4n) is 1.18. The van der Waals surface area contributed by atoms with E-state index in [4.69, 9.17) is 5.73 Å². The molecular formula is C8H14N4S. The summed E-state index contributed by atoms with van der Waals surface area (Å²) < 4.78 is 4.33. The first-order valence-electron chi connectivity index (χ1n) is 4.56. The molecule has 0 amide bonds. The Morgan fingerprint density at radius 2 is 2.38 bits per heavy atom. The van der Waals surface area contributed by atoms with Gasteiger partial charge in [-0.2, -0.15) is 4.37 Å². The number of hydrogen-bond acceptors (Lipinski definition) is 5. The Balaban J connectivity index is 2.03. The van der Waals surface area contributed by atoms with E-state index in [1.807, 2.05) is 7.05 Å². The van der Waals surface area contributed by atoms with Crippen LogP contribution in [0, 0.1) is 0 Å². The first-order valence-corrected chi connectivity index (χ1v) is 5.33. The lowest BCUT2D eigenvalue weighted by molar-refractivity contribution is 0.870. The van der Waals surface area contributed by atoms with Gasteiger partial charge in [0.1, 0.15) is 5.82 Å². The van der Waals surface area contributed by atoms with Crippen molar-refractivity contribution in [1.82, 2.24) is 9.36 Å². The van der Waals surface area contributed by atoms with Crippen LogP contribution in [-0.2, 0) is 0 Å². The van der Waals surface area contributed by atoms with Gasteiger partial charge in [0.2, 0.25) is 5.13 Å². The van der Waals surface area contributed by atoms with Crippen molar-refractivity contribution in [3.63, 3.8) is 0 Å². The summed E-state index contributed by atoms with van der Waals surface area (Å²) in [5.41, 5.74) is 5.46. The predicted octanol–water partition coefficient (Wildman–Crippen LogP) is 0.810. The maximum Gasteiger partial charge on any atom is 0.204 e. The van der Waals surface area contributed by atoms with Crippen molar-refractivity contribution in [2.75, 3.05) is 25.0 Å². The zero-order chi connectivity index (χ0) is 9.26. The van der Waals surface area contributed by atoms with Crippen molar-refractivity contribution in [1.29, 1.82) is 0 Å². The van der Waals surface area contributed by atoms with Crippen LogP contribution in [0.4, 0.5) is 5.13 Å². The van der Waals surface area contributed by atoms with Crippen molar-refractivity contribution < 1.29 is 0 Å². The summed E-state index contributed by atoms with van der Waals surface area (Å²) in [6.45, 7) is 1.51. The quantitative estimate of drug-likeness (QED) is 0.778. The van der Waals surface area contributed by atoms with Crippen molar-refractivity contribution in [3.8, 4) is 0 Å². The van der Waals surface area contributed by atoms with Crippen LogP contribution in [0.1, 0.15) is 24.6 Å². The highest BCUT2D eigenvalue weighted by atomic mass is 32.1. The number of nitrogens with zero attached hydrogens (tertiary/aromatic N) is 3. The average Bonchev–Trinajstić information content (AvgIpc) is 2.84. The molecule has 72 valence electrons. The van der Waals surface area contributed by atoms with Gasteiger partial charge >= 0.3 is 0 Å². The van der Waals surface area contributed by atoms with Crippen LogP contribution in [0.15, 0.2) is 0 Å². The van der Waals surface area contributed by atoms with E-state index >= 15 is 0 Å². The Bertz CT molecular complexity index is 281. The van der Waals surface area contributed by atoms with Gasteiger partial charge in [-0.1, -0.05) is 0 Å². The first kappa shape index (κ1) is 8.90. The number of anilines is 1. The van der Waals surface area contributed by atoms with Gasteiger partial charge in [0.05, 0.1) is 0 Å². The molecule has 0 atom stereocenters. The maximum atomic E-state index is 5.46. The van der Waals surface area contributed by atoms with Gasteiger partial charge in [0.15, 0.2) is 0 Å². The van der Waals surface area contributed by atoms with Crippen LogP contribution >= 0.6 is 11.5 Å². The lowest BCUT2D eigenvalue weighted by atomic mass is 10.4. The smallest absolute Gasteiger partial charge is 0.204 e. The number of hydrogen-bond donors (Lipinski definition) is 1. The van der Waals surface area contributed by atoms with Gasteiger partial charge in [-0.25, -0.2) is 4.98 Å². The van der Waals surface area contributed by atoms with E-state index in [0.29, 0.717) is 12.5 Å². The summed E-state index contributed by atoms with van der Waals surface area (Å²) in [7, 11) is 2.00. The fraction of sp³-hybridized carbons (Fsp3) is 0.750. The first-order chi connectivity index (χ1) is 6.31. The van der Waals surface area contributed by atoms with Gasteiger partial charge in [-0.05, 0) is 12.8 Å². The van der Waals surface area contributed by atoms with E-state index < -0.39 is 0 Å². The van der Waals surface area contributed by atoms with Gasteiger partial charge in [0, 0.05) is 37.6 Å². The van der Waals surface area contributed by atoms with Gasteiger partial charge in [-0.15, -0.1) is 0 Å². The lowest BCUT2D eigenvalue weighted by Crippen LogP contribution is -2.24. The van der Waals surface area contributed by atoms with Crippen LogP contribution < -0.4 is 10.6 Å². The number of rotatable bonds is 4. The van der Waals surface area contributed by atoms with Gasteiger partial charge in [0.25, 0.3) is 0 Å². The molecule has 1 heterocycles. The Labute approximate surface area is 81.9 Å². The zero-order valence-electron chi connectivity index (χ0n) is 7.73. The second-order valence-corrected chi connectivity index (χ2v) is 4.15. The standard InChI is InChI=1S/C8H14N4S/c1-12(5-4-9)8-10-7(11-13-8)6-2-3-6/h6H,2-5,9H2,1H3. The van der Waals surface area contributed by atoms with Crippen molar-refractivity contribution in [2.24, 2.45) is 5.73 Å².